The molecule has 3 rings (SSSR count). The fourth-order valence-corrected chi connectivity index (χ4v) is 2.80. The lowest BCUT2D eigenvalue weighted by atomic mass is 10.0. The molecular formula is C15H14ClF3N4. The average molecular weight is 343 g/mol. The minimum Gasteiger partial charge on any atom is -0.363 e. The van der Waals surface area contributed by atoms with Gasteiger partial charge in [0.05, 0.1) is 17.3 Å². The van der Waals surface area contributed by atoms with Crippen LogP contribution >= 0.6 is 11.6 Å². The molecule has 8 heteroatoms. The summed E-state index contributed by atoms with van der Waals surface area (Å²) in [4.78, 5) is 8.26. The molecule has 2 aromatic rings. The van der Waals surface area contributed by atoms with E-state index in [0.717, 1.165) is 17.3 Å². The second-order valence-corrected chi connectivity index (χ2v) is 5.63. The molecule has 4 nitrogen and oxygen atoms in total. The van der Waals surface area contributed by atoms with Crippen molar-refractivity contribution in [3.8, 4) is 0 Å². The fraction of sp³-hybridized carbons (Fsp3) is 0.333. The summed E-state index contributed by atoms with van der Waals surface area (Å²) in [6.07, 6.45) is -2.86. The van der Waals surface area contributed by atoms with Gasteiger partial charge in [-0.3, -0.25) is 0 Å². The Kier molecular flexibility index (Phi) is 4.41. The third-order valence-corrected chi connectivity index (χ3v) is 3.94. The number of anilines is 1. The second kappa shape index (κ2) is 6.33. The normalized spacial score (nSPS) is 14.9. The van der Waals surface area contributed by atoms with Crippen LogP contribution in [-0.2, 0) is 13.1 Å². The zero-order valence-corrected chi connectivity index (χ0v) is 13.0. The standard InChI is InChI=1S/C15H14ClF3N4/c1-7(8-3-2-4-9(12(8)17)13(18)19)21-14-10-5-20-6-11(10)22-15(16)23-14/h2-4,7,13,20H,5-6H2,1H3,(H,21,22,23)/t7-/m1/s1. The zero-order valence-electron chi connectivity index (χ0n) is 12.2. The first-order valence-corrected chi connectivity index (χ1v) is 7.44. The molecule has 2 heterocycles. The number of nitrogens with one attached hydrogen (secondary N) is 2. The smallest absolute Gasteiger partial charge is 0.266 e. The van der Waals surface area contributed by atoms with Gasteiger partial charge < -0.3 is 10.6 Å². The molecule has 0 aliphatic carbocycles. The third-order valence-electron chi connectivity index (χ3n) is 3.77. The molecule has 1 aromatic carbocycles. The predicted octanol–water partition coefficient (Wildman–Crippen LogP) is 3.98. The number of hydrogen-bond donors (Lipinski definition) is 2. The Labute approximate surface area is 136 Å². The van der Waals surface area contributed by atoms with Crippen LogP contribution in [0.1, 0.15) is 41.8 Å². The van der Waals surface area contributed by atoms with Gasteiger partial charge in [0.2, 0.25) is 5.28 Å². The van der Waals surface area contributed by atoms with E-state index in [9.17, 15) is 13.2 Å². The van der Waals surface area contributed by atoms with Crippen molar-refractivity contribution in [1.82, 2.24) is 15.3 Å². The van der Waals surface area contributed by atoms with Crippen molar-refractivity contribution in [2.75, 3.05) is 5.32 Å². The molecule has 0 radical (unpaired) electrons. The molecule has 0 amide bonds. The van der Waals surface area contributed by atoms with Gasteiger partial charge in [0.15, 0.2) is 0 Å². The maximum atomic E-state index is 14.2. The highest BCUT2D eigenvalue weighted by Gasteiger charge is 2.23. The molecule has 1 aliphatic rings. The first-order chi connectivity index (χ1) is 11.0. The van der Waals surface area contributed by atoms with Crippen LogP contribution in [0.15, 0.2) is 18.2 Å². The lowest BCUT2D eigenvalue weighted by Crippen LogP contribution is -2.13. The van der Waals surface area contributed by atoms with Crippen molar-refractivity contribution >= 4 is 17.4 Å². The summed E-state index contributed by atoms with van der Waals surface area (Å²) in [5.41, 5.74) is 1.18. The largest absolute Gasteiger partial charge is 0.363 e. The Morgan fingerprint density at radius 1 is 1.22 bits per heavy atom. The fourth-order valence-electron chi connectivity index (χ4n) is 2.61. The van der Waals surface area contributed by atoms with Gasteiger partial charge in [-0.05, 0) is 18.5 Å². The van der Waals surface area contributed by atoms with E-state index in [1.54, 1.807) is 6.92 Å². The molecule has 0 unspecified atom stereocenters. The molecule has 1 atom stereocenters. The molecule has 1 aliphatic heterocycles. The minimum atomic E-state index is -2.86. The zero-order chi connectivity index (χ0) is 16.6. The highest BCUT2D eigenvalue weighted by atomic mass is 35.5. The van der Waals surface area contributed by atoms with E-state index in [0.29, 0.717) is 18.9 Å². The van der Waals surface area contributed by atoms with Crippen LogP contribution < -0.4 is 10.6 Å². The number of hydrogen-bond acceptors (Lipinski definition) is 4. The second-order valence-electron chi connectivity index (χ2n) is 5.29. The molecule has 0 fully saturated rings. The van der Waals surface area contributed by atoms with Crippen molar-refractivity contribution in [3.63, 3.8) is 0 Å². The molecule has 23 heavy (non-hydrogen) atoms. The summed E-state index contributed by atoms with van der Waals surface area (Å²) in [5.74, 6) is -0.420. The van der Waals surface area contributed by atoms with Crippen LogP contribution in [0.2, 0.25) is 5.28 Å². The minimum absolute atomic E-state index is 0.0870. The Hall–Kier alpha value is -1.86. The van der Waals surface area contributed by atoms with E-state index in [1.165, 1.54) is 12.1 Å². The molecular weight excluding hydrogens is 329 g/mol. The van der Waals surface area contributed by atoms with Gasteiger partial charge >= 0.3 is 0 Å². The van der Waals surface area contributed by atoms with Crippen LogP contribution in [-0.4, -0.2) is 9.97 Å². The van der Waals surface area contributed by atoms with Gasteiger partial charge in [-0.1, -0.05) is 18.2 Å². The van der Waals surface area contributed by atoms with Crippen LogP contribution in [0.3, 0.4) is 0 Å². The van der Waals surface area contributed by atoms with Gasteiger partial charge in [-0.2, -0.15) is 0 Å². The predicted molar refractivity (Wildman–Crippen MR) is 81.0 cm³/mol. The molecule has 2 N–H and O–H groups in total. The summed E-state index contributed by atoms with van der Waals surface area (Å²) in [7, 11) is 0. The number of benzene rings is 1. The van der Waals surface area contributed by atoms with E-state index >= 15 is 0 Å². The Bertz CT molecular complexity index is 739. The van der Waals surface area contributed by atoms with E-state index in [-0.39, 0.29) is 10.8 Å². The quantitative estimate of drug-likeness (QED) is 0.825. The van der Waals surface area contributed by atoms with Gasteiger partial charge in [0, 0.05) is 24.2 Å². The maximum absolute atomic E-state index is 14.2. The number of rotatable bonds is 4. The van der Waals surface area contributed by atoms with E-state index in [4.69, 9.17) is 11.6 Å². The van der Waals surface area contributed by atoms with Crippen molar-refractivity contribution < 1.29 is 13.2 Å². The summed E-state index contributed by atoms with van der Waals surface area (Å²) in [6.45, 7) is 2.83. The van der Waals surface area contributed by atoms with Crippen LogP contribution in [0.5, 0.6) is 0 Å². The highest BCUT2D eigenvalue weighted by Crippen LogP contribution is 2.30. The third kappa shape index (κ3) is 3.11. The van der Waals surface area contributed by atoms with Gasteiger partial charge in [0.25, 0.3) is 6.43 Å². The number of halogens is 4. The first kappa shape index (κ1) is 16.0. The lowest BCUT2D eigenvalue weighted by molar-refractivity contribution is 0.146. The Morgan fingerprint density at radius 3 is 2.70 bits per heavy atom. The van der Waals surface area contributed by atoms with Crippen molar-refractivity contribution in [3.05, 3.63) is 51.7 Å². The van der Waals surface area contributed by atoms with Crippen LogP contribution in [0, 0.1) is 5.82 Å². The number of nitrogens with zero attached hydrogens (tertiary/aromatic N) is 2. The van der Waals surface area contributed by atoms with Gasteiger partial charge in [-0.25, -0.2) is 23.1 Å². The van der Waals surface area contributed by atoms with Crippen LogP contribution in [0.25, 0.3) is 0 Å². The molecule has 0 bridgehead atoms. The summed E-state index contributed by atoms with van der Waals surface area (Å²) in [6, 6.07) is 3.42. The van der Waals surface area contributed by atoms with E-state index in [2.05, 4.69) is 20.6 Å². The maximum Gasteiger partial charge on any atom is 0.266 e. The highest BCUT2D eigenvalue weighted by molar-refractivity contribution is 6.28. The summed E-state index contributed by atoms with van der Waals surface area (Å²) in [5, 5.41) is 6.26. The lowest BCUT2D eigenvalue weighted by Gasteiger charge is -2.19. The van der Waals surface area contributed by atoms with Crippen molar-refractivity contribution in [2.24, 2.45) is 0 Å². The van der Waals surface area contributed by atoms with E-state index < -0.39 is 23.8 Å². The molecule has 0 saturated heterocycles. The molecule has 1 aromatic heterocycles. The van der Waals surface area contributed by atoms with E-state index in [1.807, 2.05) is 0 Å². The topological polar surface area (TPSA) is 49.8 Å². The Morgan fingerprint density at radius 2 is 1.96 bits per heavy atom. The van der Waals surface area contributed by atoms with Gasteiger partial charge in [-0.15, -0.1) is 0 Å². The first-order valence-electron chi connectivity index (χ1n) is 7.06. The summed E-state index contributed by atoms with van der Waals surface area (Å²) >= 11 is 5.89. The molecule has 0 spiro atoms. The van der Waals surface area contributed by atoms with Gasteiger partial charge in [0.1, 0.15) is 11.6 Å². The van der Waals surface area contributed by atoms with Crippen molar-refractivity contribution in [1.29, 1.82) is 0 Å². The average Bonchev–Trinajstić information content (AvgIpc) is 2.95. The molecule has 0 saturated carbocycles. The number of alkyl halides is 2. The van der Waals surface area contributed by atoms with Crippen LogP contribution in [0.4, 0.5) is 19.0 Å². The SMILES string of the molecule is C[C@@H](Nc1nc(Cl)nc2c1CNC2)c1cccc(C(F)F)c1F. The summed E-state index contributed by atoms with van der Waals surface area (Å²) < 4.78 is 39.9. The Balaban J connectivity index is 1.92. The monoisotopic (exact) mass is 342 g/mol. The molecule has 122 valence electrons. The van der Waals surface area contributed by atoms with Crippen molar-refractivity contribution in [2.45, 2.75) is 32.5 Å². The number of fused-ring (bicyclic) bond motifs is 1. The number of aromatic nitrogens is 2.